The number of likely N-dealkylation sites (N-methyl/N-ethyl adjacent to an activating group) is 1. The first kappa shape index (κ1) is 17.5. The Balaban J connectivity index is 1.63. The quantitative estimate of drug-likeness (QED) is 0.566. The first-order chi connectivity index (χ1) is 13.0. The van der Waals surface area contributed by atoms with Crippen LogP contribution in [0.1, 0.15) is 25.0 Å². The molecule has 4 rings (SSSR count). The van der Waals surface area contributed by atoms with Crippen molar-refractivity contribution in [2.75, 3.05) is 25.2 Å². The maximum Gasteiger partial charge on any atom is 0.211 e. The standard InChI is InChI=1S/C23H25NO3/c1-5-25-14-15-26-18-10-11-21-17(16-18)12-13-23(27-21)22(2,3)19-8-6-7-9-20(19)24(23)4/h5-13,16H,1,14-15H2,2-4H3. The third kappa shape index (κ3) is 2.59. The monoisotopic (exact) mass is 363 g/mol. The number of nitrogens with zero attached hydrogens (tertiary/aromatic N) is 1. The van der Waals surface area contributed by atoms with Crippen molar-refractivity contribution in [3.8, 4) is 11.5 Å². The maximum absolute atomic E-state index is 6.63. The van der Waals surface area contributed by atoms with Crippen molar-refractivity contribution in [3.63, 3.8) is 0 Å². The number of anilines is 1. The van der Waals surface area contributed by atoms with Gasteiger partial charge in [-0.05, 0) is 55.8 Å². The highest BCUT2D eigenvalue weighted by atomic mass is 16.5. The van der Waals surface area contributed by atoms with Gasteiger partial charge in [0.15, 0.2) is 0 Å². The van der Waals surface area contributed by atoms with E-state index >= 15 is 0 Å². The number of benzene rings is 2. The molecule has 1 unspecified atom stereocenters. The fourth-order valence-corrected chi connectivity index (χ4v) is 4.14. The minimum Gasteiger partial charge on any atom is -0.498 e. The summed E-state index contributed by atoms with van der Waals surface area (Å²) >= 11 is 0. The van der Waals surface area contributed by atoms with Crippen LogP contribution in [0.3, 0.4) is 0 Å². The molecule has 2 aliphatic rings. The largest absolute Gasteiger partial charge is 0.498 e. The van der Waals surface area contributed by atoms with Crippen LogP contribution >= 0.6 is 0 Å². The topological polar surface area (TPSA) is 30.9 Å². The van der Waals surface area contributed by atoms with Crippen molar-refractivity contribution >= 4 is 11.8 Å². The first-order valence-corrected chi connectivity index (χ1v) is 9.20. The van der Waals surface area contributed by atoms with Gasteiger partial charge >= 0.3 is 0 Å². The summed E-state index contributed by atoms with van der Waals surface area (Å²) in [5.41, 5.74) is 2.77. The van der Waals surface area contributed by atoms with Crippen LogP contribution in [0, 0.1) is 0 Å². The average molecular weight is 363 g/mol. The van der Waals surface area contributed by atoms with Crippen molar-refractivity contribution in [3.05, 3.63) is 72.5 Å². The lowest BCUT2D eigenvalue weighted by atomic mass is 9.76. The van der Waals surface area contributed by atoms with Gasteiger partial charge in [-0.3, -0.25) is 0 Å². The highest BCUT2D eigenvalue weighted by Crippen LogP contribution is 2.54. The lowest BCUT2D eigenvalue weighted by Crippen LogP contribution is -2.58. The molecule has 0 N–H and O–H groups in total. The third-order valence-electron chi connectivity index (χ3n) is 5.66. The highest BCUT2D eigenvalue weighted by Gasteiger charge is 2.57. The van der Waals surface area contributed by atoms with Crippen molar-refractivity contribution in [1.29, 1.82) is 0 Å². The number of hydrogen-bond acceptors (Lipinski definition) is 4. The molecule has 0 amide bonds. The van der Waals surface area contributed by atoms with E-state index in [0.29, 0.717) is 13.2 Å². The Hall–Kier alpha value is -2.88. The number of para-hydroxylation sites is 1. The Kier molecular flexibility index (Phi) is 4.14. The molecule has 4 heteroatoms. The van der Waals surface area contributed by atoms with Gasteiger partial charge in [-0.15, -0.1) is 0 Å². The Morgan fingerprint density at radius 1 is 1.15 bits per heavy atom. The number of fused-ring (bicyclic) bond motifs is 2. The van der Waals surface area contributed by atoms with E-state index in [4.69, 9.17) is 14.2 Å². The molecule has 1 spiro atoms. The average Bonchev–Trinajstić information content (AvgIpc) is 2.84. The first-order valence-electron chi connectivity index (χ1n) is 9.20. The molecule has 0 saturated heterocycles. The van der Waals surface area contributed by atoms with E-state index < -0.39 is 5.72 Å². The zero-order valence-electron chi connectivity index (χ0n) is 16.1. The number of rotatable bonds is 5. The fraction of sp³-hybridized carbons (Fsp3) is 0.304. The Bertz CT molecular complexity index is 902. The minimum absolute atomic E-state index is 0.191. The van der Waals surface area contributed by atoms with Gasteiger partial charge in [-0.1, -0.05) is 24.8 Å². The summed E-state index contributed by atoms with van der Waals surface area (Å²) in [5.74, 6) is 1.66. The van der Waals surface area contributed by atoms with Gasteiger partial charge in [0.1, 0.15) is 24.7 Å². The second-order valence-corrected chi connectivity index (χ2v) is 7.42. The van der Waals surface area contributed by atoms with Crippen molar-refractivity contribution in [1.82, 2.24) is 0 Å². The predicted molar refractivity (Wildman–Crippen MR) is 108 cm³/mol. The molecule has 140 valence electrons. The molecule has 1 atom stereocenters. The molecule has 2 aliphatic heterocycles. The SMILES string of the molecule is C=COCCOc1ccc2c(c1)C=CC1(O2)N(C)c2ccccc2C1(C)C. The molecule has 27 heavy (non-hydrogen) atoms. The molecule has 0 radical (unpaired) electrons. The summed E-state index contributed by atoms with van der Waals surface area (Å²) in [6, 6.07) is 14.4. The lowest BCUT2D eigenvalue weighted by molar-refractivity contribution is 0.0580. The van der Waals surface area contributed by atoms with Crippen molar-refractivity contribution in [2.45, 2.75) is 25.0 Å². The van der Waals surface area contributed by atoms with Crippen molar-refractivity contribution in [2.24, 2.45) is 0 Å². The molecule has 4 nitrogen and oxygen atoms in total. The van der Waals surface area contributed by atoms with Gasteiger partial charge in [0.05, 0.1) is 11.7 Å². The summed E-state index contributed by atoms with van der Waals surface area (Å²) in [4.78, 5) is 2.23. The molecule has 0 aromatic heterocycles. The number of ether oxygens (including phenoxy) is 3. The van der Waals surface area contributed by atoms with Gasteiger partial charge in [0, 0.05) is 18.3 Å². The van der Waals surface area contributed by atoms with Crippen LogP contribution in [0.5, 0.6) is 11.5 Å². The normalized spacial score (nSPS) is 21.4. The minimum atomic E-state index is -0.552. The molecule has 0 aliphatic carbocycles. The van der Waals surface area contributed by atoms with E-state index in [2.05, 4.69) is 68.8 Å². The molecular formula is C23H25NO3. The highest BCUT2D eigenvalue weighted by molar-refractivity contribution is 5.72. The maximum atomic E-state index is 6.63. The second-order valence-electron chi connectivity index (χ2n) is 7.42. The van der Waals surface area contributed by atoms with E-state index in [1.165, 1.54) is 17.5 Å². The molecule has 2 heterocycles. The van der Waals surface area contributed by atoms with Gasteiger partial charge in [0.25, 0.3) is 0 Å². The molecule has 2 aromatic rings. The van der Waals surface area contributed by atoms with E-state index in [-0.39, 0.29) is 5.41 Å². The van der Waals surface area contributed by atoms with Crippen LogP contribution in [0.25, 0.3) is 6.08 Å². The van der Waals surface area contributed by atoms with Gasteiger partial charge in [-0.2, -0.15) is 0 Å². The van der Waals surface area contributed by atoms with Crippen LogP contribution in [0.4, 0.5) is 5.69 Å². The second kappa shape index (κ2) is 6.38. The summed E-state index contributed by atoms with van der Waals surface area (Å²) in [6.07, 6.45) is 5.72. The van der Waals surface area contributed by atoms with Crippen LogP contribution in [0.15, 0.2) is 61.4 Å². The molecule has 0 fully saturated rings. The van der Waals surface area contributed by atoms with Gasteiger partial charge in [-0.25, -0.2) is 0 Å². The van der Waals surface area contributed by atoms with E-state index in [9.17, 15) is 0 Å². The van der Waals surface area contributed by atoms with Crippen LogP contribution in [-0.2, 0) is 10.2 Å². The van der Waals surface area contributed by atoms with E-state index in [1.54, 1.807) is 0 Å². The summed E-state index contributed by atoms with van der Waals surface area (Å²) in [7, 11) is 2.10. The van der Waals surface area contributed by atoms with E-state index in [1.807, 2.05) is 18.2 Å². The summed E-state index contributed by atoms with van der Waals surface area (Å²) in [5, 5.41) is 0. The zero-order valence-corrected chi connectivity index (χ0v) is 16.1. The molecule has 2 aromatic carbocycles. The zero-order chi connectivity index (χ0) is 19.1. The van der Waals surface area contributed by atoms with Gasteiger partial charge in [0.2, 0.25) is 5.72 Å². The van der Waals surface area contributed by atoms with Crippen LogP contribution in [-0.4, -0.2) is 26.0 Å². The Labute approximate surface area is 160 Å². The Morgan fingerprint density at radius 2 is 1.96 bits per heavy atom. The summed E-state index contributed by atoms with van der Waals surface area (Å²) in [6.45, 7) is 8.95. The third-order valence-corrected chi connectivity index (χ3v) is 5.66. The van der Waals surface area contributed by atoms with Crippen LogP contribution < -0.4 is 14.4 Å². The smallest absolute Gasteiger partial charge is 0.211 e. The summed E-state index contributed by atoms with van der Waals surface area (Å²) < 4.78 is 17.5. The lowest BCUT2D eigenvalue weighted by Gasteiger charge is -2.45. The molecule has 0 saturated carbocycles. The van der Waals surface area contributed by atoms with E-state index in [0.717, 1.165) is 17.1 Å². The van der Waals surface area contributed by atoms with Crippen molar-refractivity contribution < 1.29 is 14.2 Å². The molecule has 0 bridgehead atoms. The van der Waals surface area contributed by atoms with Crippen LogP contribution in [0.2, 0.25) is 0 Å². The molecular weight excluding hydrogens is 338 g/mol. The number of hydrogen-bond donors (Lipinski definition) is 0. The predicted octanol–water partition coefficient (Wildman–Crippen LogP) is 4.76. The fourth-order valence-electron chi connectivity index (χ4n) is 4.14. The van der Waals surface area contributed by atoms with Gasteiger partial charge < -0.3 is 19.1 Å². The Morgan fingerprint density at radius 3 is 2.74 bits per heavy atom.